The van der Waals surface area contributed by atoms with Crippen molar-refractivity contribution in [1.82, 2.24) is 0 Å². The fourth-order valence-electron chi connectivity index (χ4n) is 1.71. The highest BCUT2D eigenvalue weighted by atomic mass is 32.2. The Labute approximate surface area is 64.1 Å². The molecule has 0 aromatic carbocycles. The third kappa shape index (κ3) is 1.06. The van der Waals surface area contributed by atoms with Gasteiger partial charge >= 0.3 is 0 Å². The Morgan fingerprint density at radius 3 is 2.60 bits per heavy atom. The summed E-state index contributed by atoms with van der Waals surface area (Å²) in [5.74, 6) is 1.81. The highest BCUT2D eigenvalue weighted by molar-refractivity contribution is 7.91. The van der Waals surface area contributed by atoms with Crippen LogP contribution in [0.2, 0.25) is 0 Å². The first-order valence-corrected chi connectivity index (χ1v) is 5.22. The number of hydrogen-bond acceptors (Lipinski definition) is 2. The van der Waals surface area contributed by atoms with Gasteiger partial charge in [0.2, 0.25) is 0 Å². The molecule has 10 heavy (non-hydrogen) atoms. The van der Waals surface area contributed by atoms with Gasteiger partial charge in [0.25, 0.3) is 0 Å². The van der Waals surface area contributed by atoms with Crippen molar-refractivity contribution in [3.8, 4) is 0 Å². The Balaban J connectivity index is 1.96. The molecule has 0 radical (unpaired) electrons. The largest absolute Gasteiger partial charge is 0.616 e. The minimum absolute atomic E-state index is 0.350. The lowest BCUT2D eigenvalue weighted by atomic mass is 9.83. The maximum absolute atomic E-state index is 11.1. The molecule has 0 aromatic rings. The van der Waals surface area contributed by atoms with Crippen LogP contribution >= 0.6 is 0 Å². The van der Waals surface area contributed by atoms with Crippen molar-refractivity contribution in [2.45, 2.75) is 12.8 Å². The molecule has 1 unspecified atom stereocenters. The molecule has 2 aliphatic rings. The predicted molar refractivity (Wildman–Crippen MR) is 40.4 cm³/mol. The molecule has 0 saturated carbocycles. The van der Waals surface area contributed by atoms with Crippen LogP contribution in [0.3, 0.4) is 0 Å². The van der Waals surface area contributed by atoms with Crippen molar-refractivity contribution < 1.29 is 9.29 Å². The first-order valence-electron chi connectivity index (χ1n) is 3.74. The van der Waals surface area contributed by atoms with Crippen LogP contribution in [0.25, 0.3) is 0 Å². The monoisotopic (exact) mass is 160 g/mol. The second kappa shape index (κ2) is 2.40. The van der Waals surface area contributed by atoms with Crippen LogP contribution in [0.4, 0.5) is 0 Å². The normalized spacial score (nSPS) is 37.5. The zero-order valence-corrected chi connectivity index (χ0v) is 6.78. The van der Waals surface area contributed by atoms with E-state index in [2.05, 4.69) is 0 Å². The number of ether oxygens (including phenoxy) is 1. The Hall–Kier alpha value is 0.270. The van der Waals surface area contributed by atoms with Crippen molar-refractivity contribution in [2.24, 2.45) is 5.41 Å². The Morgan fingerprint density at radius 2 is 2.20 bits per heavy atom. The first kappa shape index (κ1) is 6.95. The van der Waals surface area contributed by atoms with Crippen LogP contribution in [0.5, 0.6) is 0 Å². The van der Waals surface area contributed by atoms with E-state index in [9.17, 15) is 4.55 Å². The second-order valence-corrected chi connectivity index (χ2v) is 4.96. The van der Waals surface area contributed by atoms with Crippen molar-refractivity contribution in [3.63, 3.8) is 0 Å². The van der Waals surface area contributed by atoms with E-state index in [-0.39, 0.29) is 0 Å². The van der Waals surface area contributed by atoms with Crippen LogP contribution in [-0.4, -0.2) is 29.3 Å². The molecule has 0 aromatic heterocycles. The molecule has 2 aliphatic heterocycles. The third-order valence-corrected chi connectivity index (χ3v) is 4.04. The molecular formula is C7H12O2S. The van der Waals surface area contributed by atoms with Crippen LogP contribution < -0.4 is 0 Å². The zero-order chi connectivity index (χ0) is 7.03. The summed E-state index contributed by atoms with van der Waals surface area (Å²) in [6.45, 7) is 1.72. The lowest BCUT2D eigenvalue weighted by Gasteiger charge is -2.43. The van der Waals surface area contributed by atoms with E-state index in [0.29, 0.717) is 5.41 Å². The summed E-state index contributed by atoms with van der Waals surface area (Å²) in [4.78, 5) is 0. The van der Waals surface area contributed by atoms with Crippen molar-refractivity contribution in [2.75, 3.05) is 24.7 Å². The molecule has 58 valence electrons. The zero-order valence-electron chi connectivity index (χ0n) is 5.97. The van der Waals surface area contributed by atoms with Crippen LogP contribution in [-0.2, 0) is 15.9 Å². The Kier molecular flexibility index (Phi) is 1.66. The number of rotatable bonds is 0. The standard InChI is InChI=1S/C7H12O2S/c8-10-3-1-2-7(6-10)4-9-5-7/h1-6H2. The van der Waals surface area contributed by atoms with Crippen molar-refractivity contribution in [1.29, 1.82) is 0 Å². The summed E-state index contributed by atoms with van der Waals surface area (Å²) in [5.41, 5.74) is 0.350. The molecule has 0 aliphatic carbocycles. The van der Waals surface area contributed by atoms with Gasteiger partial charge in [0.1, 0.15) is 11.5 Å². The van der Waals surface area contributed by atoms with Gasteiger partial charge in [-0.05, 0) is 12.8 Å². The first-order chi connectivity index (χ1) is 4.81. The van der Waals surface area contributed by atoms with Gasteiger partial charge in [-0.2, -0.15) is 0 Å². The van der Waals surface area contributed by atoms with E-state index < -0.39 is 11.2 Å². The van der Waals surface area contributed by atoms with E-state index in [1.807, 2.05) is 0 Å². The number of hydrogen-bond donors (Lipinski definition) is 0. The summed E-state index contributed by atoms with van der Waals surface area (Å²) in [7, 11) is 0. The van der Waals surface area contributed by atoms with Crippen LogP contribution in [0.1, 0.15) is 12.8 Å². The van der Waals surface area contributed by atoms with E-state index >= 15 is 0 Å². The summed E-state index contributed by atoms with van der Waals surface area (Å²) < 4.78 is 16.3. The van der Waals surface area contributed by atoms with Gasteiger partial charge in [0, 0.05) is 0 Å². The van der Waals surface area contributed by atoms with Crippen molar-refractivity contribution in [3.05, 3.63) is 0 Å². The van der Waals surface area contributed by atoms with Gasteiger partial charge in [0.15, 0.2) is 0 Å². The highest BCUT2D eigenvalue weighted by Crippen LogP contribution is 2.37. The molecule has 2 fully saturated rings. The predicted octanol–water partition coefficient (Wildman–Crippen LogP) is 0.545. The topological polar surface area (TPSA) is 32.3 Å². The molecular weight excluding hydrogens is 148 g/mol. The van der Waals surface area contributed by atoms with E-state index in [4.69, 9.17) is 4.74 Å². The summed E-state index contributed by atoms with van der Waals surface area (Å²) in [6.07, 6.45) is 2.37. The molecule has 2 heterocycles. The molecule has 1 spiro atoms. The third-order valence-electron chi connectivity index (χ3n) is 2.36. The van der Waals surface area contributed by atoms with Gasteiger partial charge < -0.3 is 9.29 Å². The maximum Gasteiger partial charge on any atom is 0.115 e. The van der Waals surface area contributed by atoms with Crippen molar-refractivity contribution >= 4 is 11.2 Å². The second-order valence-electron chi connectivity index (χ2n) is 3.38. The van der Waals surface area contributed by atoms with Crippen LogP contribution in [0.15, 0.2) is 0 Å². The average Bonchev–Trinajstić information content (AvgIpc) is 1.85. The molecule has 0 amide bonds. The molecule has 3 heteroatoms. The molecule has 1 atom stereocenters. The summed E-state index contributed by atoms with van der Waals surface area (Å²) in [5, 5.41) is 0. The summed E-state index contributed by atoms with van der Waals surface area (Å²) in [6, 6.07) is 0. The minimum atomic E-state index is -0.538. The molecule has 0 bridgehead atoms. The van der Waals surface area contributed by atoms with Gasteiger partial charge in [-0.3, -0.25) is 0 Å². The molecule has 2 saturated heterocycles. The fourth-order valence-corrected chi connectivity index (χ4v) is 3.32. The van der Waals surface area contributed by atoms with Gasteiger partial charge in [-0.1, -0.05) is 11.2 Å². The molecule has 2 rings (SSSR count). The highest BCUT2D eigenvalue weighted by Gasteiger charge is 2.44. The summed E-state index contributed by atoms with van der Waals surface area (Å²) >= 11 is -0.538. The average molecular weight is 160 g/mol. The van der Waals surface area contributed by atoms with Gasteiger partial charge in [-0.15, -0.1) is 0 Å². The molecule has 0 N–H and O–H groups in total. The van der Waals surface area contributed by atoms with Gasteiger partial charge in [0.05, 0.1) is 18.6 Å². The lowest BCUT2D eigenvalue weighted by Crippen LogP contribution is -2.50. The quantitative estimate of drug-likeness (QED) is 0.485. The minimum Gasteiger partial charge on any atom is -0.616 e. The van der Waals surface area contributed by atoms with Crippen LogP contribution in [0, 0.1) is 5.41 Å². The van der Waals surface area contributed by atoms with E-state index in [1.165, 1.54) is 6.42 Å². The SMILES string of the molecule is [O-][S+]1CCCC2(COC2)C1. The lowest BCUT2D eigenvalue weighted by molar-refractivity contribution is -0.105. The van der Waals surface area contributed by atoms with Gasteiger partial charge in [-0.25, -0.2) is 0 Å². The Bertz CT molecular complexity index is 134. The Morgan fingerprint density at radius 1 is 1.40 bits per heavy atom. The molecule has 2 nitrogen and oxygen atoms in total. The van der Waals surface area contributed by atoms with E-state index in [1.54, 1.807) is 0 Å². The fraction of sp³-hybridized carbons (Fsp3) is 1.00. The van der Waals surface area contributed by atoms with E-state index in [0.717, 1.165) is 31.1 Å². The maximum atomic E-state index is 11.1. The smallest absolute Gasteiger partial charge is 0.115 e.